The van der Waals surface area contributed by atoms with E-state index in [0.717, 1.165) is 17.5 Å². The normalized spacial score (nSPS) is 24.7. The summed E-state index contributed by atoms with van der Waals surface area (Å²) in [5.41, 5.74) is 0. The first-order chi connectivity index (χ1) is 9.74. The Hall–Kier alpha value is -1.55. The van der Waals surface area contributed by atoms with E-state index in [2.05, 4.69) is 21.8 Å². The Morgan fingerprint density at radius 3 is 3.00 bits per heavy atom. The zero-order valence-corrected chi connectivity index (χ0v) is 12.2. The lowest BCUT2D eigenvalue weighted by Crippen LogP contribution is -2.37. The Bertz CT molecular complexity index is 532. The Kier molecular flexibility index (Phi) is 3.92. The van der Waals surface area contributed by atoms with E-state index in [0.29, 0.717) is 6.04 Å². The maximum absolute atomic E-state index is 5.63. The molecule has 1 N–H and O–H groups in total. The quantitative estimate of drug-likeness (QED) is 0.929. The van der Waals surface area contributed by atoms with Crippen LogP contribution in [-0.4, -0.2) is 15.6 Å². The van der Waals surface area contributed by atoms with Crippen LogP contribution in [0.5, 0.6) is 0 Å². The maximum atomic E-state index is 5.63. The number of nitrogens with zero attached hydrogens (tertiary/aromatic N) is 2. The highest BCUT2D eigenvalue weighted by Gasteiger charge is 2.26. The van der Waals surface area contributed by atoms with Crippen molar-refractivity contribution in [1.29, 1.82) is 0 Å². The minimum absolute atomic E-state index is 0.0419. The van der Waals surface area contributed by atoms with Gasteiger partial charge in [-0.3, -0.25) is 5.32 Å². The van der Waals surface area contributed by atoms with Gasteiger partial charge in [0, 0.05) is 25.5 Å². The van der Waals surface area contributed by atoms with Crippen LogP contribution in [0.4, 0.5) is 0 Å². The molecular weight excluding hydrogens is 250 g/mol. The third kappa shape index (κ3) is 2.80. The van der Waals surface area contributed by atoms with Gasteiger partial charge in [0.1, 0.15) is 17.6 Å². The van der Waals surface area contributed by atoms with Crippen LogP contribution in [0.3, 0.4) is 0 Å². The van der Waals surface area contributed by atoms with E-state index in [9.17, 15) is 0 Å². The summed E-state index contributed by atoms with van der Waals surface area (Å²) >= 11 is 0. The van der Waals surface area contributed by atoms with E-state index in [4.69, 9.17) is 4.42 Å². The van der Waals surface area contributed by atoms with Gasteiger partial charge in [0.05, 0.1) is 6.26 Å². The Morgan fingerprint density at radius 1 is 1.45 bits per heavy atom. The molecule has 0 aliphatic heterocycles. The number of hydrogen-bond donors (Lipinski definition) is 1. The summed E-state index contributed by atoms with van der Waals surface area (Å²) in [7, 11) is 2.03. The third-order valence-corrected chi connectivity index (χ3v) is 4.28. The van der Waals surface area contributed by atoms with Gasteiger partial charge in [-0.15, -0.1) is 0 Å². The topological polar surface area (TPSA) is 43.0 Å². The molecule has 1 aliphatic rings. The van der Waals surface area contributed by atoms with Crippen LogP contribution < -0.4 is 5.32 Å². The monoisotopic (exact) mass is 273 g/mol. The summed E-state index contributed by atoms with van der Waals surface area (Å²) in [6, 6.07) is 4.56. The van der Waals surface area contributed by atoms with Gasteiger partial charge in [0.25, 0.3) is 0 Å². The van der Waals surface area contributed by atoms with E-state index in [1.54, 1.807) is 6.26 Å². The molecular formula is C16H23N3O. The second kappa shape index (κ2) is 5.83. The van der Waals surface area contributed by atoms with Gasteiger partial charge in [0.2, 0.25) is 0 Å². The number of hydrogen-bond acceptors (Lipinski definition) is 3. The number of aromatic nitrogens is 2. The smallest absolute Gasteiger partial charge is 0.133 e. The predicted octanol–water partition coefficient (Wildman–Crippen LogP) is 3.27. The second-order valence-corrected chi connectivity index (χ2v) is 5.98. The number of furan rings is 1. The zero-order chi connectivity index (χ0) is 13.9. The highest BCUT2D eigenvalue weighted by atomic mass is 16.3. The Morgan fingerprint density at radius 2 is 2.35 bits per heavy atom. The Balaban J connectivity index is 1.81. The highest BCUT2D eigenvalue weighted by molar-refractivity contribution is 5.16. The van der Waals surface area contributed by atoms with E-state index < -0.39 is 0 Å². The number of aryl methyl sites for hydroxylation is 1. The third-order valence-electron chi connectivity index (χ3n) is 4.28. The van der Waals surface area contributed by atoms with Gasteiger partial charge in [0.15, 0.2) is 0 Å². The van der Waals surface area contributed by atoms with E-state index in [-0.39, 0.29) is 6.04 Å². The van der Waals surface area contributed by atoms with Crippen molar-refractivity contribution in [3.8, 4) is 0 Å². The lowest BCUT2D eigenvalue weighted by molar-refractivity contribution is 0.276. The molecule has 0 saturated heterocycles. The lowest BCUT2D eigenvalue weighted by Gasteiger charge is -2.30. The van der Waals surface area contributed by atoms with Crippen molar-refractivity contribution in [1.82, 2.24) is 14.9 Å². The van der Waals surface area contributed by atoms with Gasteiger partial charge in [-0.2, -0.15) is 0 Å². The lowest BCUT2D eigenvalue weighted by atomic mass is 9.86. The first-order valence-electron chi connectivity index (χ1n) is 7.50. The Labute approximate surface area is 120 Å². The van der Waals surface area contributed by atoms with Crippen molar-refractivity contribution in [2.24, 2.45) is 13.0 Å². The number of rotatable bonds is 4. The van der Waals surface area contributed by atoms with Crippen molar-refractivity contribution < 1.29 is 4.42 Å². The summed E-state index contributed by atoms with van der Waals surface area (Å²) < 4.78 is 7.69. The van der Waals surface area contributed by atoms with Gasteiger partial charge >= 0.3 is 0 Å². The van der Waals surface area contributed by atoms with Crippen molar-refractivity contribution in [3.63, 3.8) is 0 Å². The van der Waals surface area contributed by atoms with Crippen LogP contribution >= 0.6 is 0 Å². The van der Waals surface area contributed by atoms with E-state index >= 15 is 0 Å². The molecule has 1 saturated carbocycles. The molecule has 0 spiro atoms. The fraction of sp³-hybridized carbons (Fsp3) is 0.562. The van der Waals surface area contributed by atoms with Crippen molar-refractivity contribution >= 4 is 0 Å². The van der Waals surface area contributed by atoms with Crippen molar-refractivity contribution in [3.05, 3.63) is 42.4 Å². The average molecular weight is 273 g/mol. The molecule has 0 aromatic carbocycles. The summed E-state index contributed by atoms with van der Waals surface area (Å²) in [6.07, 6.45) is 10.7. The van der Waals surface area contributed by atoms with Gasteiger partial charge < -0.3 is 8.98 Å². The molecule has 2 aromatic rings. The summed E-state index contributed by atoms with van der Waals surface area (Å²) in [6.45, 7) is 2.34. The molecule has 20 heavy (non-hydrogen) atoms. The fourth-order valence-electron chi connectivity index (χ4n) is 3.22. The van der Waals surface area contributed by atoms with E-state index in [1.807, 2.05) is 31.6 Å². The molecule has 0 amide bonds. The summed E-state index contributed by atoms with van der Waals surface area (Å²) in [4.78, 5) is 4.50. The average Bonchev–Trinajstić information content (AvgIpc) is 3.07. The predicted molar refractivity (Wildman–Crippen MR) is 78.3 cm³/mol. The second-order valence-electron chi connectivity index (χ2n) is 5.98. The number of nitrogens with one attached hydrogen (secondary N) is 1. The van der Waals surface area contributed by atoms with E-state index in [1.165, 1.54) is 25.7 Å². The zero-order valence-electron chi connectivity index (χ0n) is 12.2. The highest BCUT2D eigenvalue weighted by Crippen LogP contribution is 2.28. The maximum Gasteiger partial charge on any atom is 0.133 e. The van der Waals surface area contributed by atoms with Crippen LogP contribution in [0, 0.1) is 5.92 Å². The minimum Gasteiger partial charge on any atom is -0.467 e. The van der Waals surface area contributed by atoms with Crippen LogP contribution in [0.15, 0.2) is 35.2 Å². The molecule has 0 bridgehead atoms. The standard InChI is InChI=1S/C16H23N3O/c1-12-5-3-6-13(11-12)18-15(14-7-4-10-20-14)16-17-8-9-19(16)2/h4,7-10,12-13,15,18H,3,5-6,11H2,1-2H3. The molecule has 0 radical (unpaired) electrons. The van der Waals surface area contributed by atoms with Crippen molar-refractivity contribution in [2.75, 3.05) is 0 Å². The fourth-order valence-corrected chi connectivity index (χ4v) is 3.22. The van der Waals surface area contributed by atoms with Crippen LogP contribution in [0.25, 0.3) is 0 Å². The number of imidazole rings is 1. The van der Waals surface area contributed by atoms with Crippen LogP contribution in [0.2, 0.25) is 0 Å². The largest absolute Gasteiger partial charge is 0.467 e. The molecule has 3 rings (SSSR count). The van der Waals surface area contributed by atoms with Gasteiger partial charge in [-0.25, -0.2) is 4.98 Å². The van der Waals surface area contributed by atoms with Crippen LogP contribution in [0.1, 0.15) is 50.2 Å². The summed E-state index contributed by atoms with van der Waals surface area (Å²) in [5.74, 6) is 2.76. The molecule has 2 heterocycles. The molecule has 3 unspecified atom stereocenters. The van der Waals surface area contributed by atoms with Crippen molar-refractivity contribution in [2.45, 2.75) is 44.7 Å². The molecule has 4 heteroatoms. The van der Waals surface area contributed by atoms with Gasteiger partial charge in [-0.05, 0) is 30.9 Å². The SMILES string of the molecule is CC1CCCC(NC(c2ccco2)c2nccn2C)C1. The summed E-state index contributed by atoms with van der Waals surface area (Å²) in [5, 5.41) is 3.75. The first kappa shape index (κ1) is 13.4. The first-order valence-corrected chi connectivity index (χ1v) is 7.50. The van der Waals surface area contributed by atoms with Crippen LogP contribution in [-0.2, 0) is 7.05 Å². The molecule has 1 aliphatic carbocycles. The minimum atomic E-state index is 0.0419. The molecule has 3 atom stereocenters. The molecule has 1 fully saturated rings. The molecule has 108 valence electrons. The molecule has 4 nitrogen and oxygen atoms in total. The van der Waals surface area contributed by atoms with Gasteiger partial charge in [-0.1, -0.05) is 19.8 Å². The molecule has 2 aromatic heterocycles.